The molecule has 2 aromatic rings. The Bertz CT molecular complexity index is 626. The minimum Gasteiger partial charge on any atom is -0.309 e. The van der Waals surface area contributed by atoms with Gasteiger partial charge in [0.05, 0.1) is 0 Å². The predicted octanol–water partition coefficient (Wildman–Crippen LogP) is 1.94. The topological polar surface area (TPSA) is 46.8 Å². The van der Waals surface area contributed by atoms with Gasteiger partial charge < -0.3 is 4.90 Å². The van der Waals surface area contributed by atoms with Crippen molar-refractivity contribution in [1.82, 2.24) is 25.1 Å². The van der Waals surface area contributed by atoms with Crippen LogP contribution in [0.3, 0.4) is 0 Å². The molecule has 0 N–H and O–H groups in total. The van der Waals surface area contributed by atoms with E-state index in [1.807, 2.05) is 19.0 Å². The van der Waals surface area contributed by atoms with Crippen molar-refractivity contribution in [2.75, 3.05) is 20.6 Å². The monoisotopic (exact) mass is 299 g/mol. The van der Waals surface area contributed by atoms with Gasteiger partial charge in [-0.2, -0.15) is 4.80 Å². The molecule has 0 amide bonds. The molecular weight excluding hydrogens is 283 g/mol. The van der Waals surface area contributed by atoms with Crippen LogP contribution in [0.2, 0.25) is 0 Å². The highest BCUT2D eigenvalue weighted by Gasteiger charge is 2.23. The van der Waals surface area contributed by atoms with Gasteiger partial charge in [-0.15, -0.1) is 10.2 Å². The summed E-state index contributed by atoms with van der Waals surface area (Å²) < 4.78 is 40.5. The Morgan fingerprint density at radius 3 is 2.38 bits per heavy atom. The normalized spacial score (nSPS) is 12.9. The Labute approximate surface area is 120 Å². The number of halogens is 3. The third kappa shape index (κ3) is 3.57. The number of nitrogens with zero attached hydrogens (tertiary/aromatic N) is 5. The molecule has 1 aromatic carbocycles. The molecule has 0 spiro atoms. The highest BCUT2D eigenvalue weighted by molar-refractivity contribution is 5.23. The number of hydrogen-bond donors (Lipinski definition) is 0. The summed E-state index contributed by atoms with van der Waals surface area (Å²) >= 11 is 0. The summed E-state index contributed by atoms with van der Waals surface area (Å²) in [7, 11) is 3.72. The molecule has 8 heteroatoms. The molecule has 21 heavy (non-hydrogen) atoms. The van der Waals surface area contributed by atoms with Crippen LogP contribution < -0.4 is 0 Å². The summed E-state index contributed by atoms with van der Waals surface area (Å²) in [5.41, 5.74) is 0.00755. The highest BCUT2D eigenvalue weighted by Crippen LogP contribution is 2.25. The third-order valence-corrected chi connectivity index (χ3v) is 3.06. The average Bonchev–Trinajstić information content (AvgIpc) is 2.82. The van der Waals surface area contributed by atoms with E-state index >= 15 is 0 Å². The molecule has 5 nitrogen and oxygen atoms in total. The number of aryl methyl sites for hydroxylation is 1. The fourth-order valence-corrected chi connectivity index (χ4v) is 2.00. The fraction of sp³-hybridized carbons (Fsp3) is 0.462. The van der Waals surface area contributed by atoms with Gasteiger partial charge in [0.2, 0.25) is 0 Å². The van der Waals surface area contributed by atoms with Gasteiger partial charge in [-0.25, -0.2) is 13.2 Å². The highest BCUT2D eigenvalue weighted by atomic mass is 19.2. The first-order chi connectivity index (χ1) is 9.88. The van der Waals surface area contributed by atoms with Crippen molar-refractivity contribution >= 4 is 0 Å². The quantitative estimate of drug-likeness (QED) is 0.792. The van der Waals surface area contributed by atoms with Gasteiger partial charge >= 0.3 is 0 Å². The predicted molar refractivity (Wildman–Crippen MR) is 70.2 cm³/mol. The average molecular weight is 299 g/mol. The molecule has 0 aliphatic carbocycles. The van der Waals surface area contributed by atoms with E-state index in [9.17, 15) is 13.2 Å². The maximum atomic E-state index is 14.0. The van der Waals surface area contributed by atoms with Crippen molar-refractivity contribution < 1.29 is 13.2 Å². The zero-order chi connectivity index (χ0) is 15.6. The largest absolute Gasteiger partial charge is 0.309 e. The van der Waals surface area contributed by atoms with Crippen molar-refractivity contribution in [1.29, 1.82) is 0 Å². The maximum Gasteiger partial charge on any atom is 0.171 e. The van der Waals surface area contributed by atoms with Gasteiger partial charge in [0, 0.05) is 11.6 Å². The van der Waals surface area contributed by atoms with Crippen LogP contribution in [0.25, 0.3) is 0 Å². The lowest BCUT2D eigenvalue weighted by Gasteiger charge is -2.19. The van der Waals surface area contributed by atoms with E-state index in [0.717, 1.165) is 6.07 Å². The van der Waals surface area contributed by atoms with E-state index in [4.69, 9.17) is 0 Å². The Morgan fingerprint density at radius 1 is 1.14 bits per heavy atom. The molecule has 0 fully saturated rings. The Kier molecular flexibility index (Phi) is 4.56. The Balaban J connectivity index is 2.41. The number of rotatable bonds is 5. The molecule has 0 saturated carbocycles. The van der Waals surface area contributed by atoms with Gasteiger partial charge in [0.15, 0.2) is 17.5 Å². The molecule has 1 heterocycles. The summed E-state index contributed by atoms with van der Waals surface area (Å²) in [5, 5.41) is 11.6. The number of tetrazole rings is 1. The van der Waals surface area contributed by atoms with Crippen molar-refractivity contribution in [3.8, 4) is 0 Å². The van der Waals surface area contributed by atoms with E-state index in [0.29, 0.717) is 24.9 Å². The first-order valence-corrected chi connectivity index (χ1v) is 6.43. The summed E-state index contributed by atoms with van der Waals surface area (Å²) in [5.74, 6) is -2.72. The van der Waals surface area contributed by atoms with Crippen LogP contribution in [0, 0.1) is 24.4 Å². The molecule has 0 saturated heterocycles. The molecule has 0 aliphatic heterocycles. The zero-order valence-corrected chi connectivity index (χ0v) is 12.0. The second kappa shape index (κ2) is 6.21. The molecule has 0 bridgehead atoms. The molecule has 1 aromatic heterocycles. The minimum atomic E-state index is -1.22. The third-order valence-electron chi connectivity index (χ3n) is 3.06. The van der Waals surface area contributed by atoms with Crippen LogP contribution in [0.15, 0.2) is 12.1 Å². The summed E-state index contributed by atoms with van der Waals surface area (Å²) in [6.45, 7) is 2.25. The van der Waals surface area contributed by atoms with Gasteiger partial charge in [-0.05, 0) is 45.3 Å². The van der Waals surface area contributed by atoms with Crippen molar-refractivity contribution in [3.05, 3.63) is 41.0 Å². The second-order valence-electron chi connectivity index (χ2n) is 5.05. The van der Waals surface area contributed by atoms with Crippen LogP contribution in [-0.2, 0) is 0 Å². The molecule has 114 valence electrons. The standard InChI is InChI=1S/C13H16F3N5/c1-8-17-19-21(18-8)13(4-5-20(2)3)9-6-11(15)12(16)7-10(9)14/h6-7,13H,4-5H2,1-3H3. The lowest BCUT2D eigenvalue weighted by Crippen LogP contribution is -2.22. The van der Waals surface area contributed by atoms with Gasteiger partial charge in [-0.3, -0.25) is 0 Å². The SMILES string of the molecule is Cc1nnn(C(CCN(C)C)c2cc(F)c(F)cc2F)n1. The summed E-state index contributed by atoms with van der Waals surface area (Å²) in [6, 6.07) is 0.740. The van der Waals surface area contributed by atoms with E-state index in [1.54, 1.807) is 6.92 Å². The summed E-state index contributed by atoms with van der Waals surface area (Å²) in [6.07, 6.45) is 0.435. The fourth-order valence-electron chi connectivity index (χ4n) is 2.00. The molecule has 1 unspecified atom stereocenters. The van der Waals surface area contributed by atoms with Gasteiger partial charge in [0.1, 0.15) is 11.9 Å². The minimum absolute atomic E-state index is 0.00755. The van der Waals surface area contributed by atoms with Crippen LogP contribution in [-0.4, -0.2) is 45.7 Å². The molecule has 0 aliphatic rings. The molecule has 2 rings (SSSR count). The number of benzene rings is 1. The first kappa shape index (κ1) is 15.4. The Morgan fingerprint density at radius 2 is 1.81 bits per heavy atom. The van der Waals surface area contributed by atoms with Crippen molar-refractivity contribution in [2.24, 2.45) is 0 Å². The number of aromatic nitrogens is 4. The van der Waals surface area contributed by atoms with E-state index < -0.39 is 23.5 Å². The van der Waals surface area contributed by atoms with Crippen LogP contribution in [0.4, 0.5) is 13.2 Å². The lowest BCUT2D eigenvalue weighted by atomic mass is 10.0. The second-order valence-corrected chi connectivity index (χ2v) is 5.05. The first-order valence-electron chi connectivity index (χ1n) is 6.43. The van der Waals surface area contributed by atoms with E-state index in [1.165, 1.54) is 4.80 Å². The lowest BCUT2D eigenvalue weighted by molar-refractivity contribution is 0.332. The van der Waals surface area contributed by atoms with Crippen molar-refractivity contribution in [3.63, 3.8) is 0 Å². The zero-order valence-electron chi connectivity index (χ0n) is 12.0. The van der Waals surface area contributed by atoms with Gasteiger partial charge in [-0.1, -0.05) is 0 Å². The van der Waals surface area contributed by atoms with Crippen LogP contribution >= 0.6 is 0 Å². The number of hydrogen-bond acceptors (Lipinski definition) is 4. The maximum absolute atomic E-state index is 14.0. The van der Waals surface area contributed by atoms with Gasteiger partial charge in [0.25, 0.3) is 0 Å². The molecule has 0 radical (unpaired) electrons. The summed E-state index contributed by atoms with van der Waals surface area (Å²) in [4.78, 5) is 3.13. The molecule has 1 atom stereocenters. The van der Waals surface area contributed by atoms with Crippen LogP contribution in [0.1, 0.15) is 23.9 Å². The van der Waals surface area contributed by atoms with Crippen LogP contribution in [0.5, 0.6) is 0 Å². The molecular formula is C13H16F3N5. The smallest absolute Gasteiger partial charge is 0.171 e. The van der Waals surface area contributed by atoms with E-state index in [-0.39, 0.29) is 5.56 Å². The Hall–Kier alpha value is -1.96. The van der Waals surface area contributed by atoms with E-state index in [2.05, 4.69) is 15.4 Å². The van der Waals surface area contributed by atoms with Crippen molar-refractivity contribution in [2.45, 2.75) is 19.4 Å².